The molecule has 0 aromatic carbocycles. The summed E-state index contributed by atoms with van der Waals surface area (Å²) in [4.78, 5) is 8.28. The van der Waals surface area contributed by atoms with E-state index in [9.17, 15) is 0 Å². The molecule has 0 amide bonds. The lowest BCUT2D eigenvalue weighted by Gasteiger charge is -2.28. The zero-order valence-corrected chi connectivity index (χ0v) is 12.3. The number of rotatable bonds is 5. The molecular formula is C14H21ClN2O2. The van der Waals surface area contributed by atoms with E-state index in [1.54, 1.807) is 7.11 Å². The predicted octanol–water partition coefficient (Wildman–Crippen LogP) is 3.42. The zero-order valence-electron chi connectivity index (χ0n) is 11.6. The molecular weight excluding hydrogens is 264 g/mol. The van der Waals surface area contributed by atoms with Gasteiger partial charge in [0.05, 0.1) is 11.7 Å². The van der Waals surface area contributed by atoms with Gasteiger partial charge >= 0.3 is 0 Å². The van der Waals surface area contributed by atoms with Crippen LogP contribution in [0.3, 0.4) is 0 Å². The Balaban J connectivity index is 2.07. The van der Waals surface area contributed by atoms with Gasteiger partial charge < -0.3 is 9.47 Å². The number of ether oxygens (including phenoxy) is 2. The molecule has 2 atom stereocenters. The van der Waals surface area contributed by atoms with Crippen LogP contribution in [0.4, 0.5) is 0 Å². The molecule has 0 saturated heterocycles. The molecule has 0 N–H and O–H groups in total. The number of aromatic nitrogens is 2. The van der Waals surface area contributed by atoms with Gasteiger partial charge in [-0.15, -0.1) is 0 Å². The molecule has 1 aromatic rings. The lowest BCUT2D eigenvalue weighted by atomic mass is 9.95. The molecule has 106 valence electrons. The van der Waals surface area contributed by atoms with E-state index in [0.717, 1.165) is 44.1 Å². The van der Waals surface area contributed by atoms with Crippen LogP contribution in [-0.4, -0.2) is 29.3 Å². The molecule has 1 saturated carbocycles. The highest BCUT2D eigenvalue weighted by Gasteiger charge is 2.24. The van der Waals surface area contributed by atoms with E-state index in [-0.39, 0.29) is 6.10 Å². The minimum absolute atomic E-state index is 0.167. The van der Waals surface area contributed by atoms with Crippen molar-refractivity contribution in [2.75, 3.05) is 7.11 Å². The SMILES string of the molecule is CCCc1c(Cl)ncnc1OC1CCCC(OC)C1. The number of methoxy groups -OCH3 is 1. The molecule has 2 unspecified atom stereocenters. The Bertz CT molecular complexity index is 414. The topological polar surface area (TPSA) is 44.2 Å². The Labute approximate surface area is 119 Å². The smallest absolute Gasteiger partial charge is 0.221 e. The second-order valence-electron chi connectivity index (χ2n) is 4.96. The quantitative estimate of drug-likeness (QED) is 0.777. The van der Waals surface area contributed by atoms with Gasteiger partial charge in [-0.1, -0.05) is 24.9 Å². The van der Waals surface area contributed by atoms with Crippen LogP contribution < -0.4 is 4.74 Å². The third-order valence-corrected chi connectivity index (χ3v) is 3.87. The lowest BCUT2D eigenvalue weighted by molar-refractivity contribution is 0.0191. The van der Waals surface area contributed by atoms with Crippen LogP contribution in [0.25, 0.3) is 0 Å². The molecule has 0 spiro atoms. The van der Waals surface area contributed by atoms with E-state index in [2.05, 4.69) is 16.9 Å². The van der Waals surface area contributed by atoms with Gasteiger partial charge in [0.2, 0.25) is 5.88 Å². The van der Waals surface area contributed by atoms with Crippen molar-refractivity contribution in [1.29, 1.82) is 0 Å². The van der Waals surface area contributed by atoms with Gasteiger partial charge in [-0.2, -0.15) is 0 Å². The number of nitrogens with zero attached hydrogens (tertiary/aromatic N) is 2. The summed E-state index contributed by atoms with van der Waals surface area (Å²) in [5.74, 6) is 0.642. The molecule has 5 heteroatoms. The number of hydrogen-bond acceptors (Lipinski definition) is 4. The first-order chi connectivity index (χ1) is 9.24. The van der Waals surface area contributed by atoms with Gasteiger partial charge in [-0.05, 0) is 25.7 Å². The van der Waals surface area contributed by atoms with Gasteiger partial charge in [0, 0.05) is 13.5 Å². The lowest BCUT2D eigenvalue weighted by Crippen LogP contribution is -2.30. The van der Waals surface area contributed by atoms with Crippen molar-refractivity contribution in [3.63, 3.8) is 0 Å². The van der Waals surface area contributed by atoms with Crippen LogP contribution >= 0.6 is 11.6 Å². The molecule has 0 aliphatic heterocycles. The van der Waals surface area contributed by atoms with Gasteiger partial charge in [-0.3, -0.25) is 0 Å². The van der Waals surface area contributed by atoms with Crippen molar-refractivity contribution in [3.05, 3.63) is 17.0 Å². The van der Waals surface area contributed by atoms with E-state index < -0.39 is 0 Å². The Kier molecular flexibility index (Phi) is 5.40. The van der Waals surface area contributed by atoms with Crippen LogP contribution in [0.15, 0.2) is 6.33 Å². The molecule has 1 aliphatic carbocycles. The van der Waals surface area contributed by atoms with Crippen molar-refractivity contribution in [1.82, 2.24) is 9.97 Å². The van der Waals surface area contributed by atoms with Gasteiger partial charge in [0.25, 0.3) is 0 Å². The highest BCUT2D eigenvalue weighted by Crippen LogP contribution is 2.28. The first-order valence-corrected chi connectivity index (χ1v) is 7.31. The largest absolute Gasteiger partial charge is 0.474 e. The summed E-state index contributed by atoms with van der Waals surface area (Å²) in [6.07, 6.45) is 7.98. The van der Waals surface area contributed by atoms with E-state index in [1.807, 2.05) is 0 Å². The molecule has 1 heterocycles. The van der Waals surface area contributed by atoms with Crippen molar-refractivity contribution in [2.45, 2.75) is 57.7 Å². The molecule has 1 fully saturated rings. The highest BCUT2D eigenvalue weighted by molar-refractivity contribution is 6.30. The van der Waals surface area contributed by atoms with Gasteiger partial charge in [0.15, 0.2) is 0 Å². The monoisotopic (exact) mass is 284 g/mol. The van der Waals surface area contributed by atoms with Crippen LogP contribution in [-0.2, 0) is 11.2 Å². The van der Waals surface area contributed by atoms with Crippen molar-refractivity contribution >= 4 is 11.6 Å². The van der Waals surface area contributed by atoms with E-state index in [1.165, 1.54) is 6.33 Å². The van der Waals surface area contributed by atoms with Crippen molar-refractivity contribution in [3.8, 4) is 5.88 Å². The third kappa shape index (κ3) is 3.80. The van der Waals surface area contributed by atoms with E-state index in [4.69, 9.17) is 21.1 Å². The summed E-state index contributed by atoms with van der Waals surface area (Å²) >= 11 is 6.13. The molecule has 2 rings (SSSR count). The van der Waals surface area contributed by atoms with E-state index >= 15 is 0 Å². The van der Waals surface area contributed by atoms with Crippen LogP contribution in [0.5, 0.6) is 5.88 Å². The molecule has 0 radical (unpaired) electrons. The normalized spacial score (nSPS) is 23.3. The average molecular weight is 285 g/mol. The standard InChI is InChI=1S/C14H21ClN2O2/c1-3-5-12-13(15)16-9-17-14(12)19-11-7-4-6-10(8-11)18-2/h9-11H,3-8H2,1-2H3. The maximum absolute atomic E-state index is 6.13. The number of hydrogen-bond donors (Lipinski definition) is 0. The summed E-state index contributed by atoms with van der Waals surface area (Å²) in [5, 5.41) is 0.506. The van der Waals surface area contributed by atoms with Crippen LogP contribution in [0, 0.1) is 0 Å². The summed E-state index contributed by atoms with van der Waals surface area (Å²) in [5.41, 5.74) is 0.922. The summed E-state index contributed by atoms with van der Waals surface area (Å²) < 4.78 is 11.5. The first kappa shape index (κ1) is 14.5. The molecule has 4 nitrogen and oxygen atoms in total. The third-order valence-electron chi connectivity index (χ3n) is 3.54. The molecule has 1 aliphatic rings. The zero-order chi connectivity index (χ0) is 13.7. The fourth-order valence-electron chi connectivity index (χ4n) is 2.52. The maximum atomic E-state index is 6.13. The Morgan fingerprint density at radius 1 is 1.32 bits per heavy atom. The maximum Gasteiger partial charge on any atom is 0.221 e. The highest BCUT2D eigenvalue weighted by atomic mass is 35.5. The summed E-state index contributed by atoms with van der Waals surface area (Å²) in [6.45, 7) is 2.11. The molecule has 0 bridgehead atoms. The molecule has 1 aromatic heterocycles. The first-order valence-electron chi connectivity index (χ1n) is 6.93. The summed E-state index contributed by atoms with van der Waals surface area (Å²) in [7, 11) is 1.76. The minimum atomic E-state index is 0.167. The second kappa shape index (κ2) is 7.06. The average Bonchev–Trinajstić information content (AvgIpc) is 2.43. The summed E-state index contributed by atoms with van der Waals surface area (Å²) in [6, 6.07) is 0. The van der Waals surface area contributed by atoms with E-state index in [0.29, 0.717) is 17.1 Å². The van der Waals surface area contributed by atoms with Crippen molar-refractivity contribution < 1.29 is 9.47 Å². The Hall–Kier alpha value is -0.870. The Morgan fingerprint density at radius 3 is 2.84 bits per heavy atom. The number of halogens is 1. The second-order valence-corrected chi connectivity index (χ2v) is 5.32. The fourth-order valence-corrected chi connectivity index (χ4v) is 2.74. The van der Waals surface area contributed by atoms with Gasteiger partial charge in [0.1, 0.15) is 17.6 Å². The predicted molar refractivity (Wildman–Crippen MR) is 74.7 cm³/mol. The fraction of sp³-hybridized carbons (Fsp3) is 0.714. The Morgan fingerprint density at radius 2 is 2.11 bits per heavy atom. The van der Waals surface area contributed by atoms with Crippen LogP contribution in [0.1, 0.15) is 44.6 Å². The van der Waals surface area contributed by atoms with Gasteiger partial charge in [-0.25, -0.2) is 9.97 Å². The molecule has 19 heavy (non-hydrogen) atoms. The minimum Gasteiger partial charge on any atom is -0.474 e. The van der Waals surface area contributed by atoms with Crippen LogP contribution in [0.2, 0.25) is 5.15 Å². The van der Waals surface area contributed by atoms with Crippen molar-refractivity contribution in [2.24, 2.45) is 0 Å².